The monoisotopic (exact) mass is 296 g/mol. The standard InChI is InChI=1S/C16H16N4O2/c21-15-6-5-14(20-15)13-4-3-11(8-18-13)9-19-16(22)12-2-1-7-17-10-12/h1-4,7-8,10,14H,5-6,9H2,(H,19,22)(H,20,21). The number of nitrogens with zero attached hydrogens (tertiary/aromatic N) is 2. The van der Waals surface area contributed by atoms with Crippen molar-refractivity contribution in [2.75, 3.05) is 0 Å². The highest BCUT2D eigenvalue weighted by atomic mass is 16.2. The van der Waals surface area contributed by atoms with Crippen LogP contribution in [0.25, 0.3) is 0 Å². The average Bonchev–Trinajstić information content (AvgIpc) is 3.00. The molecule has 1 aliphatic heterocycles. The van der Waals surface area contributed by atoms with E-state index < -0.39 is 0 Å². The van der Waals surface area contributed by atoms with Crippen LogP contribution in [0.1, 0.15) is 40.5 Å². The Labute approximate surface area is 128 Å². The van der Waals surface area contributed by atoms with Crippen LogP contribution in [0.2, 0.25) is 0 Å². The minimum atomic E-state index is -0.166. The fraction of sp³-hybridized carbons (Fsp3) is 0.250. The lowest BCUT2D eigenvalue weighted by atomic mass is 10.1. The number of pyridine rings is 2. The van der Waals surface area contributed by atoms with E-state index in [1.54, 1.807) is 24.5 Å². The molecule has 0 aromatic carbocycles. The van der Waals surface area contributed by atoms with Crippen molar-refractivity contribution in [3.8, 4) is 0 Å². The molecule has 112 valence electrons. The van der Waals surface area contributed by atoms with E-state index in [0.29, 0.717) is 18.5 Å². The zero-order chi connectivity index (χ0) is 15.4. The van der Waals surface area contributed by atoms with Gasteiger partial charge in [-0.3, -0.25) is 19.6 Å². The van der Waals surface area contributed by atoms with Gasteiger partial charge >= 0.3 is 0 Å². The number of hydrogen-bond acceptors (Lipinski definition) is 4. The third-order valence-electron chi connectivity index (χ3n) is 3.58. The van der Waals surface area contributed by atoms with Crippen molar-refractivity contribution in [1.82, 2.24) is 20.6 Å². The summed E-state index contributed by atoms with van der Waals surface area (Å²) in [7, 11) is 0. The molecule has 2 amide bonds. The summed E-state index contributed by atoms with van der Waals surface area (Å²) >= 11 is 0. The van der Waals surface area contributed by atoms with Crippen molar-refractivity contribution in [2.24, 2.45) is 0 Å². The highest BCUT2D eigenvalue weighted by Crippen LogP contribution is 2.21. The molecule has 0 radical (unpaired) electrons. The Balaban J connectivity index is 1.57. The largest absolute Gasteiger partial charge is 0.348 e. The molecule has 1 unspecified atom stereocenters. The molecule has 6 heteroatoms. The normalized spacial score (nSPS) is 17.1. The van der Waals surface area contributed by atoms with E-state index in [1.807, 2.05) is 12.1 Å². The highest BCUT2D eigenvalue weighted by molar-refractivity contribution is 5.93. The summed E-state index contributed by atoms with van der Waals surface area (Å²) in [5.74, 6) is -0.0974. The van der Waals surface area contributed by atoms with Gasteiger partial charge in [-0.05, 0) is 30.2 Å². The summed E-state index contributed by atoms with van der Waals surface area (Å²) in [5.41, 5.74) is 2.29. The van der Waals surface area contributed by atoms with Crippen molar-refractivity contribution >= 4 is 11.8 Å². The van der Waals surface area contributed by atoms with Crippen LogP contribution in [-0.4, -0.2) is 21.8 Å². The van der Waals surface area contributed by atoms with Crippen LogP contribution in [0.3, 0.4) is 0 Å². The van der Waals surface area contributed by atoms with Crippen molar-refractivity contribution < 1.29 is 9.59 Å². The zero-order valence-corrected chi connectivity index (χ0v) is 12.0. The van der Waals surface area contributed by atoms with E-state index in [0.717, 1.165) is 17.7 Å². The first kappa shape index (κ1) is 14.2. The Morgan fingerprint density at radius 2 is 2.23 bits per heavy atom. The third kappa shape index (κ3) is 3.28. The molecule has 2 aromatic heterocycles. The fourth-order valence-corrected chi connectivity index (χ4v) is 2.36. The van der Waals surface area contributed by atoms with Gasteiger partial charge in [0.2, 0.25) is 5.91 Å². The number of rotatable bonds is 4. The molecule has 2 aromatic rings. The number of amides is 2. The maximum Gasteiger partial charge on any atom is 0.253 e. The van der Waals surface area contributed by atoms with E-state index in [4.69, 9.17) is 0 Å². The Kier molecular flexibility index (Phi) is 4.09. The van der Waals surface area contributed by atoms with Gasteiger partial charge in [-0.15, -0.1) is 0 Å². The van der Waals surface area contributed by atoms with Gasteiger partial charge in [-0.1, -0.05) is 6.07 Å². The molecular formula is C16H16N4O2. The number of carbonyl (C=O) groups excluding carboxylic acids is 2. The van der Waals surface area contributed by atoms with Gasteiger partial charge in [0.25, 0.3) is 5.91 Å². The molecule has 22 heavy (non-hydrogen) atoms. The summed E-state index contributed by atoms with van der Waals surface area (Å²) in [6.07, 6.45) is 6.21. The average molecular weight is 296 g/mol. The summed E-state index contributed by atoms with van der Waals surface area (Å²) in [6.45, 7) is 0.401. The van der Waals surface area contributed by atoms with Crippen LogP contribution in [0.5, 0.6) is 0 Å². The number of carbonyl (C=O) groups is 2. The minimum Gasteiger partial charge on any atom is -0.348 e. The second-order valence-electron chi connectivity index (χ2n) is 5.17. The Hall–Kier alpha value is -2.76. The molecule has 2 N–H and O–H groups in total. The molecule has 0 spiro atoms. The zero-order valence-electron chi connectivity index (χ0n) is 12.0. The lowest BCUT2D eigenvalue weighted by Gasteiger charge is -2.10. The first-order valence-electron chi connectivity index (χ1n) is 7.15. The van der Waals surface area contributed by atoms with Gasteiger partial charge in [-0.2, -0.15) is 0 Å². The van der Waals surface area contributed by atoms with Crippen LogP contribution in [-0.2, 0) is 11.3 Å². The molecule has 1 fully saturated rings. The smallest absolute Gasteiger partial charge is 0.253 e. The first-order valence-corrected chi connectivity index (χ1v) is 7.15. The van der Waals surface area contributed by atoms with Crippen LogP contribution in [0.15, 0.2) is 42.9 Å². The second-order valence-corrected chi connectivity index (χ2v) is 5.17. The second kappa shape index (κ2) is 6.34. The SMILES string of the molecule is O=C1CCC(c2ccc(CNC(=O)c3cccnc3)cn2)N1. The van der Waals surface area contributed by atoms with Gasteiger partial charge in [0, 0.05) is 31.6 Å². The molecule has 0 aliphatic carbocycles. The van der Waals surface area contributed by atoms with E-state index in [1.165, 1.54) is 6.20 Å². The van der Waals surface area contributed by atoms with Crippen LogP contribution < -0.4 is 10.6 Å². The molecule has 1 saturated heterocycles. The van der Waals surface area contributed by atoms with Gasteiger partial charge in [0.15, 0.2) is 0 Å². The maximum atomic E-state index is 11.9. The van der Waals surface area contributed by atoms with Gasteiger partial charge < -0.3 is 10.6 Å². The van der Waals surface area contributed by atoms with E-state index in [-0.39, 0.29) is 17.9 Å². The van der Waals surface area contributed by atoms with E-state index in [2.05, 4.69) is 20.6 Å². The maximum absolute atomic E-state index is 11.9. The summed E-state index contributed by atoms with van der Waals surface area (Å²) in [6, 6.07) is 7.25. The van der Waals surface area contributed by atoms with Crippen LogP contribution in [0.4, 0.5) is 0 Å². The van der Waals surface area contributed by atoms with Gasteiger partial charge in [-0.25, -0.2) is 0 Å². The highest BCUT2D eigenvalue weighted by Gasteiger charge is 2.22. The van der Waals surface area contributed by atoms with Gasteiger partial charge in [0.05, 0.1) is 17.3 Å². The Morgan fingerprint density at radius 3 is 2.86 bits per heavy atom. The first-order chi connectivity index (χ1) is 10.7. The molecule has 0 bridgehead atoms. The molecule has 6 nitrogen and oxygen atoms in total. The van der Waals surface area contributed by atoms with E-state index >= 15 is 0 Å². The summed E-state index contributed by atoms with van der Waals surface area (Å²) in [5, 5.41) is 5.71. The molecule has 1 atom stereocenters. The molecule has 1 aliphatic rings. The third-order valence-corrected chi connectivity index (χ3v) is 3.58. The number of aromatic nitrogens is 2. The van der Waals surface area contributed by atoms with Crippen molar-refractivity contribution in [3.63, 3.8) is 0 Å². The quantitative estimate of drug-likeness (QED) is 0.892. The summed E-state index contributed by atoms with van der Waals surface area (Å²) < 4.78 is 0. The minimum absolute atomic E-state index is 0.00605. The predicted molar refractivity (Wildman–Crippen MR) is 79.8 cm³/mol. The van der Waals surface area contributed by atoms with Crippen molar-refractivity contribution in [1.29, 1.82) is 0 Å². The van der Waals surface area contributed by atoms with Crippen LogP contribution >= 0.6 is 0 Å². The molecule has 3 rings (SSSR count). The lowest BCUT2D eigenvalue weighted by molar-refractivity contribution is -0.119. The van der Waals surface area contributed by atoms with Crippen molar-refractivity contribution in [3.05, 3.63) is 59.7 Å². The fourth-order valence-electron chi connectivity index (χ4n) is 2.36. The van der Waals surface area contributed by atoms with Gasteiger partial charge in [0.1, 0.15) is 0 Å². The lowest BCUT2D eigenvalue weighted by Crippen LogP contribution is -2.23. The molecular weight excluding hydrogens is 280 g/mol. The van der Waals surface area contributed by atoms with Crippen molar-refractivity contribution in [2.45, 2.75) is 25.4 Å². The Morgan fingerprint density at radius 1 is 1.32 bits per heavy atom. The Bertz CT molecular complexity index is 670. The predicted octanol–water partition coefficient (Wildman–Crippen LogP) is 1.36. The number of hydrogen-bond donors (Lipinski definition) is 2. The number of nitrogens with one attached hydrogen (secondary N) is 2. The molecule has 3 heterocycles. The van der Waals surface area contributed by atoms with Crippen LogP contribution in [0, 0.1) is 0 Å². The topological polar surface area (TPSA) is 84.0 Å². The molecule has 0 saturated carbocycles. The van der Waals surface area contributed by atoms with E-state index in [9.17, 15) is 9.59 Å². The summed E-state index contributed by atoms with van der Waals surface area (Å²) in [4.78, 5) is 31.4.